The molecular weight excluding hydrogens is 381 g/mol. The van der Waals surface area contributed by atoms with Crippen LogP contribution >= 0.6 is 23.2 Å². The lowest BCUT2D eigenvalue weighted by molar-refractivity contribution is -0.120. The highest BCUT2D eigenvalue weighted by Gasteiger charge is 2.24. The van der Waals surface area contributed by atoms with E-state index < -0.39 is 0 Å². The Morgan fingerprint density at radius 3 is 2.52 bits per heavy atom. The van der Waals surface area contributed by atoms with Crippen LogP contribution in [0.2, 0.25) is 10.0 Å². The minimum atomic E-state index is -0.165. The number of aromatic nitrogens is 2. The molecule has 1 amide bonds. The van der Waals surface area contributed by atoms with Gasteiger partial charge in [-0.15, -0.1) is 0 Å². The summed E-state index contributed by atoms with van der Waals surface area (Å²) >= 11 is 12.6. The molecule has 0 radical (unpaired) electrons. The van der Waals surface area contributed by atoms with E-state index in [-0.39, 0.29) is 17.2 Å². The number of carbonyl (C=O) groups excluding carboxylic acids is 1. The molecule has 0 aliphatic rings. The molecule has 6 heteroatoms. The predicted molar refractivity (Wildman–Crippen MR) is 114 cm³/mol. The van der Waals surface area contributed by atoms with Crippen molar-refractivity contribution in [2.75, 3.05) is 5.32 Å². The van der Waals surface area contributed by atoms with E-state index in [1.165, 1.54) is 0 Å². The Morgan fingerprint density at radius 2 is 1.93 bits per heavy atom. The molecule has 2 rings (SSSR count). The Bertz CT molecular complexity index is 793. The fourth-order valence-corrected chi connectivity index (χ4v) is 3.23. The third-order valence-electron chi connectivity index (χ3n) is 4.64. The van der Waals surface area contributed by atoms with Gasteiger partial charge in [-0.25, -0.2) is 4.68 Å². The van der Waals surface area contributed by atoms with E-state index in [9.17, 15) is 4.79 Å². The number of carbonyl (C=O) groups is 1. The maximum atomic E-state index is 12.8. The van der Waals surface area contributed by atoms with Crippen LogP contribution in [-0.2, 0) is 10.2 Å². The van der Waals surface area contributed by atoms with Crippen LogP contribution in [-0.4, -0.2) is 15.7 Å². The fraction of sp³-hybridized carbons (Fsp3) is 0.524. The molecular formula is C21H29Cl2N3O. The van der Waals surface area contributed by atoms with Gasteiger partial charge in [-0.2, -0.15) is 5.10 Å². The van der Waals surface area contributed by atoms with Crippen LogP contribution in [0.1, 0.15) is 66.0 Å². The molecule has 0 spiro atoms. The Hall–Kier alpha value is -1.52. The maximum absolute atomic E-state index is 12.8. The summed E-state index contributed by atoms with van der Waals surface area (Å²) in [6, 6.07) is 7.14. The number of benzene rings is 1. The molecule has 0 fully saturated rings. The van der Waals surface area contributed by atoms with Crippen LogP contribution in [0.3, 0.4) is 0 Å². The fourth-order valence-electron chi connectivity index (χ4n) is 2.87. The van der Waals surface area contributed by atoms with E-state index in [1.807, 2.05) is 13.0 Å². The van der Waals surface area contributed by atoms with Crippen molar-refractivity contribution < 1.29 is 4.79 Å². The summed E-state index contributed by atoms with van der Waals surface area (Å²) in [5.41, 5.74) is 1.36. The van der Waals surface area contributed by atoms with E-state index in [1.54, 1.807) is 22.9 Å². The first kappa shape index (κ1) is 21.8. The van der Waals surface area contributed by atoms with Crippen LogP contribution < -0.4 is 5.32 Å². The Kier molecular flexibility index (Phi) is 7.35. The van der Waals surface area contributed by atoms with Gasteiger partial charge in [0.25, 0.3) is 0 Å². The smallest absolute Gasteiger partial charge is 0.228 e. The number of nitrogens with zero attached hydrogens (tertiary/aromatic N) is 2. The second-order valence-electron chi connectivity index (χ2n) is 7.91. The average molecular weight is 410 g/mol. The standard InChI is InChI=1S/C21H29Cl2N3O/c1-6-8-9-14(7-2)20(27)24-19-13-18(21(3,4)5)25-26(19)17-12-15(22)10-11-16(17)23/h10-14H,6-9H2,1-5H3,(H,24,27)/t14-/m1/s1. The molecule has 0 saturated heterocycles. The first-order valence-corrected chi connectivity index (χ1v) is 10.3. The Morgan fingerprint density at radius 1 is 1.22 bits per heavy atom. The lowest BCUT2D eigenvalue weighted by Gasteiger charge is -2.16. The van der Waals surface area contributed by atoms with Gasteiger partial charge in [0.2, 0.25) is 5.91 Å². The van der Waals surface area contributed by atoms with Gasteiger partial charge >= 0.3 is 0 Å². The summed E-state index contributed by atoms with van der Waals surface area (Å²) < 4.78 is 1.68. The lowest BCUT2D eigenvalue weighted by atomic mass is 9.92. The van der Waals surface area contributed by atoms with Gasteiger partial charge in [0, 0.05) is 22.4 Å². The normalized spacial score (nSPS) is 12.9. The number of rotatable bonds is 7. The molecule has 0 aliphatic carbocycles. The second-order valence-corrected chi connectivity index (χ2v) is 8.75. The minimum Gasteiger partial charge on any atom is -0.310 e. The van der Waals surface area contributed by atoms with Gasteiger partial charge in [0.05, 0.1) is 16.4 Å². The number of unbranched alkanes of at least 4 members (excludes halogenated alkanes) is 1. The van der Waals surface area contributed by atoms with E-state index in [2.05, 4.69) is 33.0 Å². The number of anilines is 1. The highest BCUT2D eigenvalue weighted by atomic mass is 35.5. The quantitative estimate of drug-likeness (QED) is 0.557. The van der Waals surface area contributed by atoms with Crippen molar-refractivity contribution in [1.82, 2.24) is 9.78 Å². The van der Waals surface area contributed by atoms with Crippen LogP contribution in [0.4, 0.5) is 5.82 Å². The van der Waals surface area contributed by atoms with Crippen molar-refractivity contribution >= 4 is 34.9 Å². The molecule has 0 unspecified atom stereocenters. The molecule has 1 heterocycles. The molecule has 1 atom stereocenters. The van der Waals surface area contributed by atoms with E-state index >= 15 is 0 Å². The first-order chi connectivity index (χ1) is 12.7. The van der Waals surface area contributed by atoms with Gasteiger partial charge in [-0.3, -0.25) is 4.79 Å². The largest absolute Gasteiger partial charge is 0.310 e. The van der Waals surface area contributed by atoms with Crippen molar-refractivity contribution in [3.63, 3.8) is 0 Å². The van der Waals surface area contributed by atoms with Gasteiger partial charge in [-0.1, -0.05) is 70.7 Å². The van der Waals surface area contributed by atoms with E-state index in [0.29, 0.717) is 21.6 Å². The number of hydrogen-bond donors (Lipinski definition) is 1. The van der Waals surface area contributed by atoms with E-state index in [4.69, 9.17) is 28.3 Å². The zero-order valence-electron chi connectivity index (χ0n) is 16.8. The highest BCUT2D eigenvalue weighted by Crippen LogP contribution is 2.31. The molecule has 27 heavy (non-hydrogen) atoms. The summed E-state index contributed by atoms with van der Waals surface area (Å²) in [6.45, 7) is 10.4. The van der Waals surface area contributed by atoms with Crippen LogP contribution in [0, 0.1) is 5.92 Å². The van der Waals surface area contributed by atoms with Crippen LogP contribution in [0.5, 0.6) is 0 Å². The third-order valence-corrected chi connectivity index (χ3v) is 5.19. The molecule has 0 saturated carbocycles. The molecule has 1 aromatic carbocycles. The van der Waals surface area contributed by atoms with Gasteiger partial charge in [0.15, 0.2) is 0 Å². The van der Waals surface area contributed by atoms with E-state index in [0.717, 1.165) is 31.4 Å². The third kappa shape index (κ3) is 5.49. The topological polar surface area (TPSA) is 46.9 Å². The van der Waals surface area contributed by atoms with Crippen molar-refractivity contribution in [3.05, 3.63) is 40.0 Å². The summed E-state index contributed by atoms with van der Waals surface area (Å²) in [6.07, 6.45) is 3.81. The summed E-state index contributed by atoms with van der Waals surface area (Å²) in [4.78, 5) is 12.8. The first-order valence-electron chi connectivity index (χ1n) is 9.54. The van der Waals surface area contributed by atoms with Gasteiger partial charge < -0.3 is 5.32 Å². The molecule has 1 aromatic heterocycles. The molecule has 0 aliphatic heterocycles. The van der Waals surface area contributed by atoms with Crippen LogP contribution in [0.15, 0.2) is 24.3 Å². The molecule has 2 aromatic rings. The summed E-state index contributed by atoms with van der Waals surface area (Å²) in [5.74, 6) is 0.621. The van der Waals surface area contributed by atoms with Gasteiger partial charge in [-0.05, 0) is 31.0 Å². The number of amides is 1. The summed E-state index contributed by atoms with van der Waals surface area (Å²) in [5, 5.41) is 8.87. The number of hydrogen-bond acceptors (Lipinski definition) is 2. The molecule has 148 valence electrons. The summed E-state index contributed by atoms with van der Waals surface area (Å²) in [7, 11) is 0. The van der Waals surface area contributed by atoms with Crippen molar-refractivity contribution in [1.29, 1.82) is 0 Å². The number of nitrogens with one attached hydrogen (secondary N) is 1. The van der Waals surface area contributed by atoms with Crippen molar-refractivity contribution in [2.24, 2.45) is 5.92 Å². The lowest BCUT2D eigenvalue weighted by Crippen LogP contribution is -2.23. The minimum absolute atomic E-state index is 0.0128. The van der Waals surface area contributed by atoms with Crippen molar-refractivity contribution in [3.8, 4) is 5.69 Å². The Labute approximate surface area is 172 Å². The second kappa shape index (κ2) is 9.11. The molecule has 1 N–H and O–H groups in total. The zero-order chi connectivity index (χ0) is 20.2. The van der Waals surface area contributed by atoms with Crippen molar-refractivity contribution in [2.45, 2.75) is 65.7 Å². The predicted octanol–water partition coefficient (Wildman–Crippen LogP) is 6.63. The van der Waals surface area contributed by atoms with Gasteiger partial charge in [0.1, 0.15) is 5.82 Å². The number of halogens is 2. The zero-order valence-corrected chi connectivity index (χ0v) is 18.3. The highest BCUT2D eigenvalue weighted by molar-refractivity contribution is 6.34. The molecule has 4 nitrogen and oxygen atoms in total. The molecule has 0 bridgehead atoms. The monoisotopic (exact) mass is 409 g/mol. The van der Waals surface area contributed by atoms with Crippen LogP contribution in [0.25, 0.3) is 5.69 Å². The SMILES string of the molecule is CCCC[C@@H](CC)C(=O)Nc1cc(C(C)(C)C)nn1-c1cc(Cl)ccc1Cl. The maximum Gasteiger partial charge on any atom is 0.228 e. The Balaban J connectivity index is 2.44. The average Bonchev–Trinajstić information content (AvgIpc) is 3.01.